The maximum atomic E-state index is 5.84. The van der Waals surface area contributed by atoms with Crippen LogP contribution in [-0.4, -0.2) is 23.3 Å². The predicted molar refractivity (Wildman–Crippen MR) is 96.8 cm³/mol. The molecule has 126 valence electrons. The van der Waals surface area contributed by atoms with E-state index in [0.717, 1.165) is 48.6 Å². The highest BCUT2D eigenvalue weighted by molar-refractivity contribution is 5.75. The van der Waals surface area contributed by atoms with Crippen molar-refractivity contribution in [1.82, 2.24) is 9.55 Å². The number of ether oxygens (including phenoxy) is 2. The second-order valence-electron chi connectivity index (χ2n) is 5.73. The predicted octanol–water partition coefficient (Wildman–Crippen LogP) is 4.47. The largest absolute Gasteiger partial charge is 0.493 e. The molecule has 1 heterocycles. The molecule has 4 heteroatoms. The summed E-state index contributed by atoms with van der Waals surface area (Å²) in [6.07, 6.45) is 3.00. The van der Waals surface area contributed by atoms with E-state index in [9.17, 15) is 0 Å². The van der Waals surface area contributed by atoms with E-state index in [1.165, 1.54) is 5.52 Å². The van der Waals surface area contributed by atoms with Crippen molar-refractivity contribution in [1.29, 1.82) is 0 Å². The summed E-state index contributed by atoms with van der Waals surface area (Å²) in [7, 11) is 1.67. The summed E-state index contributed by atoms with van der Waals surface area (Å²) < 4.78 is 13.5. The van der Waals surface area contributed by atoms with Crippen LogP contribution >= 0.6 is 0 Å². The third-order valence-electron chi connectivity index (χ3n) is 4.15. The van der Waals surface area contributed by atoms with Gasteiger partial charge in [0.15, 0.2) is 11.5 Å². The van der Waals surface area contributed by atoms with E-state index in [2.05, 4.69) is 29.7 Å². The van der Waals surface area contributed by atoms with E-state index in [1.807, 2.05) is 30.3 Å². The lowest BCUT2D eigenvalue weighted by atomic mass is 10.3. The Hall–Kier alpha value is -2.49. The zero-order valence-electron chi connectivity index (χ0n) is 14.4. The van der Waals surface area contributed by atoms with E-state index in [1.54, 1.807) is 7.11 Å². The fraction of sp³-hybridized carbons (Fsp3) is 0.350. The molecule has 3 rings (SSSR count). The topological polar surface area (TPSA) is 36.3 Å². The number of methoxy groups -OCH3 is 1. The number of para-hydroxylation sites is 4. The number of aryl methyl sites for hydroxylation is 2. The van der Waals surface area contributed by atoms with Gasteiger partial charge in [-0.15, -0.1) is 0 Å². The molecule has 0 aliphatic carbocycles. The van der Waals surface area contributed by atoms with Crippen LogP contribution < -0.4 is 9.47 Å². The van der Waals surface area contributed by atoms with Crippen LogP contribution in [-0.2, 0) is 13.0 Å². The number of nitrogens with zero attached hydrogens (tertiary/aromatic N) is 2. The van der Waals surface area contributed by atoms with Gasteiger partial charge in [0.1, 0.15) is 5.82 Å². The van der Waals surface area contributed by atoms with Crippen molar-refractivity contribution in [2.75, 3.05) is 13.7 Å². The lowest BCUT2D eigenvalue weighted by molar-refractivity contribution is 0.284. The Balaban J connectivity index is 1.55. The summed E-state index contributed by atoms with van der Waals surface area (Å²) in [5.41, 5.74) is 2.31. The van der Waals surface area contributed by atoms with Crippen LogP contribution in [0.25, 0.3) is 11.0 Å². The first-order chi connectivity index (χ1) is 11.8. The number of fused-ring (bicyclic) bond motifs is 1. The zero-order chi connectivity index (χ0) is 16.8. The molecule has 3 aromatic rings. The number of hydrogen-bond acceptors (Lipinski definition) is 3. The molecule has 24 heavy (non-hydrogen) atoms. The first-order valence-electron chi connectivity index (χ1n) is 8.53. The van der Waals surface area contributed by atoms with Crippen molar-refractivity contribution >= 4 is 11.0 Å². The molecule has 0 unspecified atom stereocenters. The number of rotatable bonds is 8. The van der Waals surface area contributed by atoms with Gasteiger partial charge in [-0.3, -0.25) is 0 Å². The molecule has 1 aromatic heterocycles. The second kappa shape index (κ2) is 7.86. The monoisotopic (exact) mass is 324 g/mol. The Morgan fingerprint density at radius 3 is 2.50 bits per heavy atom. The minimum atomic E-state index is 0.689. The van der Waals surface area contributed by atoms with Gasteiger partial charge in [-0.2, -0.15) is 0 Å². The molecule has 0 aliphatic rings. The van der Waals surface area contributed by atoms with Crippen molar-refractivity contribution in [3.8, 4) is 11.5 Å². The van der Waals surface area contributed by atoms with E-state index in [0.29, 0.717) is 6.61 Å². The van der Waals surface area contributed by atoms with Crippen LogP contribution in [0.5, 0.6) is 11.5 Å². The first-order valence-corrected chi connectivity index (χ1v) is 8.53. The SMILES string of the molecule is CCc1nc2ccccc2n1CCCCOc1ccccc1OC. The third-order valence-corrected chi connectivity index (χ3v) is 4.15. The molecule has 0 N–H and O–H groups in total. The average Bonchev–Trinajstić information content (AvgIpc) is 2.99. The van der Waals surface area contributed by atoms with Gasteiger partial charge in [-0.05, 0) is 37.1 Å². The highest BCUT2D eigenvalue weighted by atomic mass is 16.5. The van der Waals surface area contributed by atoms with Gasteiger partial charge in [-0.25, -0.2) is 4.98 Å². The van der Waals surface area contributed by atoms with E-state index in [-0.39, 0.29) is 0 Å². The van der Waals surface area contributed by atoms with Crippen LogP contribution in [0.3, 0.4) is 0 Å². The molecule has 0 fully saturated rings. The highest BCUT2D eigenvalue weighted by Gasteiger charge is 2.08. The third kappa shape index (κ3) is 3.53. The van der Waals surface area contributed by atoms with Gasteiger partial charge in [0.05, 0.1) is 24.8 Å². The number of hydrogen-bond donors (Lipinski definition) is 0. The molecule has 0 bridgehead atoms. The molecule has 0 saturated carbocycles. The molecular formula is C20H24N2O2. The minimum absolute atomic E-state index is 0.689. The molecule has 0 amide bonds. The van der Waals surface area contributed by atoms with Crippen molar-refractivity contribution < 1.29 is 9.47 Å². The molecule has 0 saturated heterocycles. The minimum Gasteiger partial charge on any atom is -0.493 e. The molecule has 2 aromatic carbocycles. The van der Waals surface area contributed by atoms with Crippen LogP contribution in [0.15, 0.2) is 48.5 Å². The molecular weight excluding hydrogens is 300 g/mol. The zero-order valence-corrected chi connectivity index (χ0v) is 14.4. The first kappa shape index (κ1) is 16.4. The summed E-state index contributed by atoms with van der Waals surface area (Å²) in [5.74, 6) is 2.75. The van der Waals surface area contributed by atoms with E-state index < -0.39 is 0 Å². The second-order valence-corrected chi connectivity index (χ2v) is 5.73. The highest BCUT2D eigenvalue weighted by Crippen LogP contribution is 2.26. The maximum absolute atomic E-state index is 5.84. The number of benzene rings is 2. The normalized spacial score (nSPS) is 10.9. The van der Waals surface area contributed by atoms with Gasteiger partial charge in [0.25, 0.3) is 0 Å². The summed E-state index contributed by atoms with van der Waals surface area (Å²) in [5, 5.41) is 0. The van der Waals surface area contributed by atoms with Crippen molar-refractivity contribution in [3.63, 3.8) is 0 Å². The smallest absolute Gasteiger partial charge is 0.161 e. The fourth-order valence-electron chi connectivity index (χ4n) is 2.94. The number of unbranched alkanes of at least 4 members (excludes halogenated alkanes) is 1. The van der Waals surface area contributed by atoms with Gasteiger partial charge in [0, 0.05) is 13.0 Å². The Morgan fingerprint density at radius 2 is 1.71 bits per heavy atom. The standard InChI is InChI=1S/C20H24N2O2/c1-3-20-21-16-10-4-5-11-17(16)22(20)14-8-9-15-24-19-13-7-6-12-18(19)23-2/h4-7,10-13H,3,8-9,14-15H2,1-2H3. The van der Waals surface area contributed by atoms with Crippen molar-refractivity contribution in [2.45, 2.75) is 32.7 Å². The van der Waals surface area contributed by atoms with Crippen LogP contribution in [0.4, 0.5) is 0 Å². The Morgan fingerprint density at radius 1 is 0.958 bits per heavy atom. The average molecular weight is 324 g/mol. The summed E-state index contributed by atoms with van der Waals surface area (Å²) in [4.78, 5) is 4.72. The molecule has 0 spiro atoms. The molecule has 4 nitrogen and oxygen atoms in total. The van der Waals surface area contributed by atoms with Gasteiger partial charge < -0.3 is 14.0 Å². The quantitative estimate of drug-likeness (QED) is 0.574. The summed E-state index contributed by atoms with van der Waals surface area (Å²) >= 11 is 0. The lowest BCUT2D eigenvalue weighted by Gasteiger charge is -2.11. The number of aromatic nitrogens is 2. The Bertz CT molecular complexity index is 795. The van der Waals surface area contributed by atoms with Gasteiger partial charge in [-0.1, -0.05) is 31.2 Å². The van der Waals surface area contributed by atoms with Gasteiger partial charge >= 0.3 is 0 Å². The Kier molecular flexibility index (Phi) is 5.36. The molecule has 0 aliphatic heterocycles. The van der Waals surface area contributed by atoms with Gasteiger partial charge in [0.2, 0.25) is 0 Å². The van der Waals surface area contributed by atoms with Crippen LogP contribution in [0.2, 0.25) is 0 Å². The fourth-order valence-corrected chi connectivity index (χ4v) is 2.94. The van der Waals surface area contributed by atoms with Crippen LogP contribution in [0, 0.1) is 0 Å². The molecule has 0 radical (unpaired) electrons. The van der Waals surface area contributed by atoms with E-state index >= 15 is 0 Å². The Labute approximate surface area is 143 Å². The number of imidazole rings is 1. The van der Waals surface area contributed by atoms with Crippen molar-refractivity contribution in [2.24, 2.45) is 0 Å². The lowest BCUT2D eigenvalue weighted by Crippen LogP contribution is -2.05. The van der Waals surface area contributed by atoms with E-state index in [4.69, 9.17) is 14.5 Å². The van der Waals surface area contributed by atoms with Crippen LogP contribution in [0.1, 0.15) is 25.6 Å². The summed E-state index contributed by atoms with van der Waals surface area (Å²) in [6, 6.07) is 16.1. The summed E-state index contributed by atoms with van der Waals surface area (Å²) in [6.45, 7) is 3.82. The van der Waals surface area contributed by atoms with Crippen molar-refractivity contribution in [3.05, 3.63) is 54.4 Å². The maximum Gasteiger partial charge on any atom is 0.161 e. The molecule has 0 atom stereocenters.